The van der Waals surface area contributed by atoms with E-state index in [9.17, 15) is 8.78 Å². The summed E-state index contributed by atoms with van der Waals surface area (Å²) < 4.78 is 35.3. The molecule has 0 atom stereocenters. The molecule has 0 saturated carbocycles. The number of nitrogen functional groups attached to an aromatic ring is 1. The van der Waals surface area contributed by atoms with Crippen molar-refractivity contribution in [1.82, 2.24) is 0 Å². The first-order valence-corrected chi connectivity index (χ1v) is 4.94. The molecule has 0 heterocycles. The number of benzene rings is 1. The second-order valence-electron chi connectivity index (χ2n) is 3.29. The molecule has 5 heteroatoms. The molecule has 0 aliphatic heterocycles. The molecule has 0 radical (unpaired) electrons. The predicted octanol–water partition coefficient (Wildman–Crippen LogP) is 2.62. The quantitative estimate of drug-likeness (QED) is 0.604. The predicted molar refractivity (Wildman–Crippen MR) is 57.8 cm³/mol. The first-order valence-electron chi connectivity index (χ1n) is 4.94. The van der Waals surface area contributed by atoms with Gasteiger partial charge in [-0.2, -0.15) is 0 Å². The topological polar surface area (TPSA) is 44.5 Å². The third kappa shape index (κ3) is 3.66. The van der Waals surface area contributed by atoms with Crippen molar-refractivity contribution >= 4 is 5.69 Å². The first-order chi connectivity index (χ1) is 7.65. The number of hydrogen-bond donors (Lipinski definition) is 1. The molecule has 0 amide bonds. The fourth-order valence-corrected chi connectivity index (χ4v) is 1.25. The van der Waals surface area contributed by atoms with Gasteiger partial charge in [0, 0.05) is 25.8 Å². The molecule has 1 aromatic carbocycles. The number of nitrogens with two attached hydrogens (primary N) is 1. The highest BCUT2D eigenvalue weighted by Crippen LogP contribution is 2.30. The van der Waals surface area contributed by atoms with Crippen molar-refractivity contribution in [1.29, 1.82) is 0 Å². The van der Waals surface area contributed by atoms with Gasteiger partial charge in [0.1, 0.15) is 5.75 Å². The Morgan fingerprint density at radius 3 is 2.69 bits per heavy atom. The number of anilines is 1. The summed E-state index contributed by atoms with van der Waals surface area (Å²) in [6, 6.07) is 4.23. The van der Waals surface area contributed by atoms with Crippen LogP contribution in [0, 0.1) is 0 Å². The van der Waals surface area contributed by atoms with E-state index in [2.05, 4.69) is 0 Å². The van der Waals surface area contributed by atoms with E-state index in [0.29, 0.717) is 25.3 Å². The minimum atomic E-state index is -2.58. The molecular formula is C11H15F2NO2. The fraction of sp³-hybridized carbons (Fsp3) is 0.455. The molecule has 1 rings (SSSR count). The van der Waals surface area contributed by atoms with Crippen LogP contribution in [0.2, 0.25) is 0 Å². The Morgan fingerprint density at radius 1 is 1.31 bits per heavy atom. The third-order valence-corrected chi connectivity index (χ3v) is 2.02. The van der Waals surface area contributed by atoms with E-state index >= 15 is 0 Å². The minimum Gasteiger partial charge on any atom is -0.493 e. The molecule has 3 nitrogen and oxygen atoms in total. The smallest absolute Gasteiger partial charge is 0.267 e. The SMILES string of the molecule is COCCCOc1ccc(N)cc1C(F)F. The van der Waals surface area contributed by atoms with Crippen molar-refractivity contribution in [2.45, 2.75) is 12.8 Å². The standard InChI is InChI=1S/C11H15F2NO2/c1-15-5-2-6-16-10-4-3-8(14)7-9(10)11(12)13/h3-4,7,11H,2,5-6,14H2,1H3. The molecule has 0 aliphatic rings. The van der Waals surface area contributed by atoms with E-state index in [-0.39, 0.29) is 11.3 Å². The van der Waals surface area contributed by atoms with Crippen molar-refractivity contribution in [3.63, 3.8) is 0 Å². The fourth-order valence-electron chi connectivity index (χ4n) is 1.25. The summed E-state index contributed by atoms with van der Waals surface area (Å²) in [5.74, 6) is 0.181. The van der Waals surface area contributed by atoms with Gasteiger partial charge in [-0.25, -0.2) is 8.78 Å². The second kappa shape index (κ2) is 6.27. The number of rotatable bonds is 6. The Hall–Kier alpha value is -1.36. The number of methoxy groups -OCH3 is 1. The molecule has 16 heavy (non-hydrogen) atoms. The summed E-state index contributed by atoms with van der Waals surface area (Å²) in [5.41, 5.74) is 5.57. The number of hydrogen-bond acceptors (Lipinski definition) is 3. The molecule has 0 bridgehead atoms. The summed E-state index contributed by atoms with van der Waals surface area (Å²) in [6.07, 6.45) is -1.93. The molecule has 0 unspecified atom stereocenters. The minimum absolute atomic E-state index is 0.169. The monoisotopic (exact) mass is 231 g/mol. The van der Waals surface area contributed by atoms with E-state index < -0.39 is 6.43 Å². The number of alkyl halides is 2. The van der Waals surface area contributed by atoms with Crippen LogP contribution in [0.5, 0.6) is 5.75 Å². The van der Waals surface area contributed by atoms with Gasteiger partial charge < -0.3 is 15.2 Å². The van der Waals surface area contributed by atoms with Crippen LogP contribution in [0.4, 0.5) is 14.5 Å². The molecule has 0 aromatic heterocycles. The van der Waals surface area contributed by atoms with Crippen molar-refractivity contribution in [3.8, 4) is 5.75 Å². The zero-order valence-electron chi connectivity index (χ0n) is 9.08. The summed E-state index contributed by atoms with van der Waals surface area (Å²) in [6.45, 7) is 0.885. The Morgan fingerprint density at radius 2 is 2.06 bits per heavy atom. The van der Waals surface area contributed by atoms with E-state index in [0.717, 1.165) is 0 Å². The van der Waals surface area contributed by atoms with Gasteiger partial charge in [0.25, 0.3) is 6.43 Å². The van der Waals surface area contributed by atoms with Crippen LogP contribution in [-0.4, -0.2) is 20.3 Å². The molecule has 0 saturated heterocycles. The first kappa shape index (κ1) is 12.7. The van der Waals surface area contributed by atoms with Gasteiger partial charge in [-0.05, 0) is 18.2 Å². The van der Waals surface area contributed by atoms with E-state index in [4.69, 9.17) is 15.2 Å². The van der Waals surface area contributed by atoms with Gasteiger partial charge in [-0.1, -0.05) is 0 Å². The Bertz CT molecular complexity index is 332. The third-order valence-electron chi connectivity index (χ3n) is 2.02. The van der Waals surface area contributed by atoms with Crippen LogP contribution in [0.15, 0.2) is 18.2 Å². The van der Waals surface area contributed by atoms with Crippen molar-refractivity contribution in [2.24, 2.45) is 0 Å². The molecule has 0 spiro atoms. The lowest BCUT2D eigenvalue weighted by molar-refractivity contribution is 0.141. The largest absolute Gasteiger partial charge is 0.493 e. The van der Waals surface area contributed by atoms with E-state index in [1.54, 1.807) is 7.11 Å². The van der Waals surface area contributed by atoms with Crippen molar-refractivity contribution < 1.29 is 18.3 Å². The maximum absolute atomic E-state index is 12.6. The van der Waals surface area contributed by atoms with Gasteiger partial charge in [0.15, 0.2) is 0 Å². The molecule has 1 aromatic rings. The molecular weight excluding hydrogens is 216 g/mol. The summed E-state index contributed by atoms with van der Waals surface area (Å²) in [5, 5.41) is 0. The number of ether oxygens (including phenoxy) is 2. The van der Waals surface area contributed by atoms with Crippen molar-refractivity contribution in [2.75, 3.05) is 26.1 Å². The Balaban J connectivity index is 2.64. The normalized spacial score (nSPS) is 10.8. The second-order valence-corrected chi connectivity index (χ2v) is 3.29. The molecule has 2 N–H and O–H groups in total. The van der Waals surface area contributed by atoms with Crippen LogP contribution in [0.3, 0.4) is 0 Å². The van der Waals surface area contributed by atoms with Gasteiger partial charge >= 0.3 is 0 Å². The van der Waals surface area contributed by atoms with Gasteiger partial charge in [-0.3, -0.25) is 0 Å². The van der Waals surface area contributed by atoms with Crippen LogP contribution in [0.1, 0.15) is 18.4 Å². The molecule has 0 aliphatic carbocycles. The summed E-state index contributed by atoms with van der Waals surface area (Å²) in [7, 11) is 1.58. The zero-order chi connectivity index (χ0) is 12.0. The zero-order valence-corrected chi connectivity index (χ0v) is 9.08. The lowest BCUT2D eigenvalue weighted by Crippen LogP contribution is -2.04. The Labute approximate surface area is 93.2 Å². The highest BCUT2D eigenvalue weighted by atomic mass is 19.3. The Kier molecular flexibility index (Phi) is 4.98. The molecule has 90 valence electrons. The van der Waals surface area contributed by atoms with Crippen LogP contribution in [0.25, 0.3) is 0 Å². The van der Waals surface area contributed by atoms with Crippen LogP contribution >= 0.6 is 0 Å². The lowest BCUT2D eigenvalue weighted by Gasteiger charge is -2.11. The number of halogens is 2. The maximum Gasteiger partial charge on any atom is 0.267 e. The summed E-state index contributed by atoms with van der Waals surface area (Å²) in [4.78, 5) is 0. The van der Waals surface area contributed by atoms with Crippen LogP contribution in [-0.2, 0) is 4.74 Å². The molecule has 0 fully saturated rings. The highest BCUT2D eigenvalue weighted by Gasteiger charge is 2.14. The average Bonchev–Trinajstić information content (AvgIpc) is 2.26. The van der Waals surface area contributed by atoms with Crippen molar-refractivity contribution in [3.05, 3.63) is 23.8 Å². The maximum atomic E-state index is 12.6. The van der Waals surface area contributed by atoms with Gasteiger partial charge in [-0.15, -0.1) is 0 Å². The van der Waals surface area contributed by atoms with Gasteiger partial charge in [0.2, 0.25) is 0 Å². The van der Waals surface area contributed by atoms with Crippen LogP contribution < -0.4 is 10.5 Å². The average molecular weight is 231 g/mol. The van der Waals surface area contributed by atoms with Gasteiger partial charge in [0.05, 0.1) is 12.2 Å². The highest BCUT2D eigenvalue weighted by molar-refractivity contribution is 5.48. The lowest BCUT2D eigenvalue weighted by atomic mass is 10.2. The summed E-state index contributed by atoms with van der Waals surface area (Å²) >= 11 is 0. The van der Waals surface area contributed by atoms with E-state index in [1.165, 1.54) is 18.2 Å². The van der Waals surface area contributed by atoms with E-state index in [1.807, 2.05) is 0 Å².